The smallest absolute Gasteiger partial charge is 0.125 e. The Morgan fingerprint density at radius 1 is 1.11 bits per heavy atom. The summed E-state index contributed by atoms with van der Waals surface area (Å²) in [6, 6.07) is 0. The van der Waals surface area contributed by atoms with Crippen LogP contribution in [0.15, 0.2) is 23.3 Å². The minimum absolute atomic E-state index is 0.191. The van der Waals surface area contributed by atoms with Crippen molar-refractivity contribution in [1.29, 1.82) is 0 Å². The number of carbonyl (C=O) groups is 1. The third kappa shape index (κ3) is 7.47. The van der Waals surface area contributed by atoms with Crippen molar-refractivity contribution in [3.05, 3.63) is 23.3 Å². The van der Waals surface area contributed by atoms with Crippen molar-refractivity contribution in [2.24, 2.45) is 11.3 Å². The van der Waals surface area contributed by atoms with Gasteiger partial charge in [-0.3, -0.25) is 0 Å². The van der Waals surface area contributed by atoms with Gasteiger partial charge >= 0.3 is 0 Å². The normalized spacial score (nSPS) is 14.2. The molecule has 0 aliphatic carbocycles. The van der Waals surface area contributed by atoms with E-state index in [1.807, 2.05) is 13.8 Å². The quantitative estimate of drug-likeness (QED) is 0.421. The highest BCUT2D eigenvalue weighted by atomic mass is 16.1. The number of hydrogen-bond donors (Lipinski definition) is 0. The third-order valence-electron chi connectivity index (χ3n) is 3.76. The monoisotopic (exact) mass is 250 g/mol. The molecule has 0 aliphatic heterocycles. The zero-order valence-electron chi connectivity index (χ0n) is 13.0. The van der Waals surface area contributed by atoms with Gasteiger partial charge in [-0.1, -0.05) is 44.1 Å². The SMILES string of the molecule is CC(C)=CCC/C(C)=C/CCC(C)C(C)(C)C=O. The van der Waals surface area contributed by atoms with E-state index in [2.05, 4.69) is 39.8 Å². The molecule has 0 N–H and O–H groups in total. The van der Waals surface area contributed by atoms with Crippen molar-refractivity contribution < 1.29 is 4.79 Å². The van der Waals surface area contributed by atoms with Gasteiger partial charge in [0.2, 0.25) is 0 Å². The third-order valence-corrected chi connectivity index (χ3v) is 3.76. The number of allylic oxidation sites excluding steroid dienone is 4. The molecule has 18 heavy (non-hydrogen) atoms. The maximum absolute atomic E-state index is 10.9. The fraction of sp³-hybridized carbons (Fsp3) is 0.706. The Balaban J connectivity index is 4.01. The molecule has 0 amide bonds. The largest absolute Gasteiger partial charge is 0.303 e. The lowest BCUT2D eigenvalue weighted by Crippen LogP contribution is -2.22. The average Bonchev–Trinajstić information content (AvgIpc) is 2.28. The number of hydrogen-bond acceptors (Lipinski definition) is 1. The molecular weight excluding hydrogens is 220 g/mol. The highest BCUT2D eigenvalue weighted by molar-refractivity contribution is 5.58. The molecule has 0 rings (SSSR count). The molecule has 0 aromatic rings. The van der Waals surface area contributed by atoms with Gasteiger partial charge in [-0.15, -0.1) is 0 Å². The van der Waals surface area contributed by atoms with Gasteiger partial charge in [-0.25, -0.2) is 0 Å². The molecular formula is C17H30O. The zero-order chi connectivity index (χ0) is 14.2. The summed E-state index contributed by atoms with van der Waals surface area (Å²) in [5.41, 5.74) is 2.66. The summed E-state index contributed by atoms with van der Waals surface area (Å²) in [5.74, 6) is 0.442. The first-order valence-electron chi connectivity index (χ1n) is 7.05. The fourth-order valence-corrected chi connectivity index (χ4v) is 1.76. The summed E-state index contributed by atoms with van der Waals surface area (Å²) in [5, 5.41) is 0. The lowest BCUT2D eigenvalue weighted by molar-refractivity contribution is -0.116. The Morgan fingerprint density at radius 2 is 1.72 bits per heavy atom. The van der Waals surface area contributed by atoms with E-state index in [4.69, 9.17) is 0 Å². The van der Waals surface area contributed by atoms with Crippen LogP contribution in [-0.4, -0.2) is 6.29 Å². The van der Waals surface area contributed by atoms with Gasteiger partial charge in [0.15, 0.2) is 0 Å². The predicted octanol–water partition coefficient (Wildman–Crippen LogP) is 5.32. The van der Waals surface area contributed by atoms with Crippen molar-refractivity contribution >= 4 is 6.29 Å². The van der Waals surface area contributed by atoms with E-state index >= 15 is 0 Å². The van der Waals surface area contributed by atoms with Crippen molar-refractivity contribution in [2.75, 3.05) is 0 Å². The molecule has 0 saturated carbocycles. The maximum Gasteiger partial charge on any atom is 0.125 e. The van der Waals surface area contributed by atoms with Crippen LogP contribution in [0.5, 0.6) is 0 Å². The Bertz CT molecular complexity index is 304. The molecule has 1 atom stereocenters. The number of aldehydes is 1. The molecule has 0 aromatic carbocycles. The predicted molar refractivity (Wildman–Crippen MR) is 80.7 cm³/mol. The molecule has 1 heteroatoms. The second-order valence-electron chi connectivity index (χ2n) is 6.29. The summed E-state index contributed by atoms with van der Waals surface area (Å²) in [6.07, 6.45) is 10.2. The molecule has 0 saturated heterocycles. The van der Waals surface area contributed by atoms with E-state index in [1.54, 1.807) is 0 Å². The van der Waals surface area contributed by atoms with Crippen LogP contribution in [0, 0.1) is 11.3 Å². The van der Waals surface area contributed by atoms with E-state index < -0.39 is 0 Å². The van der Waals surface area contributed by atoms with Crippen LogP contribution in [0.1, 0.15) is 67.2 Å². The van der Waals surface area contributed by atoms with Gasteiger partial charge in [0.05, 0.1) is 0 Å². The van der Waals surface area contributed by atoms with Crippen molar-refractivity contribution in [3.8, 4) is 0 Å². The molecule has 0 bridgehead atoms. The molecule has 0 aliphatic rings. The van der Waals surface area contributed by atoms with Gasteiger partial charge in [0, 0.05) is 5.41 Å². The van der Waals surface area contributed by atoms with Crippen molar-refractivity contribution in [2.45, 2.75) is 67.2 Å². The lowest BCUT2D eigenvalue weighted by atomic mass is 9.79. The number of carbonyl (C=O) groups excluding carboxylic acids is 1. The Morgan fingerprint density at radius 3 is 2.22 bits per heavy atom. The summed E-state index contributed by atoms with van der Waals surface area (Å²) >= 11 is 0. The molecule has 1 unspecified atom stereocenters. The molecule has 0 fully saturated rings. The van der Waals surface area contributed by atoms with Gasteiger partial charge < -0.3 is 4.79 Å². The van der Waals surface area contributed by atoms with E-state index in [0.29, 0.717) is 5.92 Å². The molecule has 0 heterocycles. The Hall–Kier alpha value is -0.850. The van der Waals surface area contributed by atoms with Gasteiger partial charge in [-0.2, -0.15) is 0 Å². The van der Waals surface area contributed by atoms with Crippen LogP contribution in [0.3, 0.4) is 0 Å². The standard InChI is InChI=1S/C17H30O/c1-14(2)9-7-10-15(3)11-8-12-16(4)17(5,6)13-18/h9,11,13,16H,7-8,10,12H2,1-6H3/b15-11+. The second kappa shape index (κ2) is 8.29. The van der Waals surface area contributed by atoms with E-state index in [0.717, 1.165) is 32.0 Å². The maximum atomic E-state index is 10.9. The first-order valence-corrected chi connectivity index (χ1v) is 7.05. The van der Waals surface area contributed by atoms with Crippen LogP contribution in [-0.2, 0) is 4.79 Å². The lowest BCUT2D eigenvalue weighted by Gasteiger charge is -2.25. The summed E-state index contributed by atoms with van der Waals surface area (Å²) < 4.78 is 0. The molecule has 104 valence electrons. The van der Waals surface area contributed by atoms with Crippen LogP contribution in [0.25, 0.3) is 0 Å². The van der Waals surface area contributed by atoms with E-state index in [9.17, 15) is 4.79 Å². The molecule has 0 spiro atoms. The van der Waals surface area contributed by atoms with Crippen LogP contribution in [0.2, 0.25) is 0 Å². The number of rotatable bonds is 8. The molecule has 0 aromatic heterocycles. The highest BCUT2D eigenvalue weighted by Gasteiger charge is 2.24. The zero-order valence-corrected chi connectivity index (χ0v) is 13.0. The Labute approximate surface area is 113 Å². The first-order chi connectivity index (χ1) is 8.29. The Kier molecular flexibility index (Phi) is 7.90. The molecule has 1 nitrogen and oxygen atoms in total. The van der Waals surface area contributed by atoms with Crippen LogP contribution in [0.4, 0.5) is 0 Å². The van der Waals surface area contributed by atoms with Crippen molar-refractivity contribution in [1.82, 2.24) is 0 Å². The average molecular weight is 250 g/mol. The van der Waals surface area contributed by atoms with Gasteiger partial charge in [0.1, 0.15) is 6.29 Å². The minimum atomic E-state index is -0.191. The summed E-state index contributed by atoms with van der Waals surface area (Å²) in [7, 11) is 0. The molecule has 0 radical (unpaired) electrons. The van der Waals surface area contributed by atoms with Crippen LogP contribution >= 0.6 is 0 Å². The fourth-order valence-electron chi connectivity index (χ4n) is 1.76. The second-order valence-corrected chi connectivity index (χ2v) is 6.29. The van der Waals surface area contributed by atoms with Gasteiger partial charge in [-0.05, 0) is 52.4 Å². The van der Waals surface area contributed by atoms with Crippen LogP contribution < -0.4 is 0 Å². The minimum Gasteiger partial charge on any atom is -0.303 e. The highest BCUT2D eigenvalue weighted by Crippen LogP contribution is 2.28. The van der Waals surface area contributed by atoms with Gasteiger partial charge in [0.25, 0.3) is 0 Å². The summed E-state index contributed by atoms with van der Waals surface area (Å²) in [4.78, 5) is 10.9. The van der Waals surface area contributed by atoms with Crippen molar-refractivity contribution in [3.63, 3.8) is 0 Å². The first kappa shape index (κ1) is 17.2. The van der Waals surface area contributed by atoms with E-state index in [-0.39, 0.29) is 5.41 Å². The van der Waals surface area contributed by atoms with E-state index in [1.165, 1.54) is 11.1 Å². The topological polar surface area (TPSA) is 17.1 Å². The summed E-state index contributed by atoms with van der Waals surface area (Å²) in [6.45, 7) is 12.7.